The number of amides is 1. The molecule has 6 nitrogen and oxygen atoms in total. The number of aromatic nitrogens is 1. The van der Waals surface area contributed by atoms with Crippen molar-refractivity contribution in [1.82, 2.24) is 15.2 Å². The van der Waals surface area contributed by atoms with Crippen LogP contribution in [0.5, 0.6) is 0 Å². The van der Waals surface area contributed by atoms with Crippen molar-refractivity contribution in [2.24, 2.45) is 5.92 Å². The fourth-order valence-electron chi connectivity index (χ4n) is 5.78. The number of pyridine rings is 1. The molecular weight excluding hydrogens is 457 g/mol. The summed E-state index contributed by atoms with van der Waals surface area (Å²) in [4.78, 5) is 19.0. The summed E-state index contributed by atoms with van der Waals surface area (Å²) in [6.45, 7) is 1.44. The number of carbonyl (C=O) groups is 1. The van der Waals surface area contributed by atoms with E-state index in [4.69, 9.17) is 5.73 Å². The van der Waals surface area contributed by atoms with Gasteiger partial charge in [-0.15, -0.1) is 0 Å². The maximum absolute atomic E-state index is 12.9. The molecule has 3 fully saturated rings. The van der Waals surface area contributed by atoms with Gasteiger partial charge in [0.05, 0.1) is 18.1 Å². The molecule has 188 valence electrons. The number of halogens is 3. The van der Waals surface area contributed by atoms with Crippen LogP contribution in [-0.2, 0) is 5.41 Å². The zero-order chi connectivity index (χ0) is 24.8. The zero-order valence-electron chi connectivity index (χ0n) is 19.5. The molecule has 1 saturated heterocycles. The predicted octanol–water partition coefficient (Wildman–Crippen LogP) is 3.89. The number of hydrogen-bond donors (Lipinski definition) is 3. The Labute approximate surface area is 202 Å². The van der Waals surface area contributed by atoms with Crippen molar-refractivity contribution in [1.29, 1.82) is 0 Å². The van der Waals surface area contributed by atoms with Gasteiger partial charge in [-0.3, -0.25) is 4.79 Å². The van der Waals surface area contributed by atoms with Crippen LogP contribution in [0.3, 0.4) is 0 Å². The molecule has 0 radical (unpaired) electrons. The van der Waals surface area contributed by atoms with Gasteiger partial charge < -0.3 is 21.1 Å². The Hall–Kier alpha value is -2.65. The van der Waals surface area contributed by atoms with Crippen molar-refractivity contribution < 1.29 is 23.1 Å². The van der Waals surface area contributed by atoms with Crippen molar-refractivity contribution in [2.45, 2.75) is 62.3 Å². The third-order valence-electron chi connectivity index (χ3n) is 7.92. The molecule has 3 aliphatic rings. The molecule has 1 aromatic carbocycles. The Bertz CT molecular complexity index is 1080. The number of alkyl halides is 3. The number of anilines is 1. The highest BCUT2D eigenvalue weighted by molar-refractivity contribution is 5.99. The van der Waals surface area contributed by atoms with Gasteiger partial charge >= 0.3 is 6.18 Å². The Morgan fingerprint density at radius 2 is 1.89 bits per heavy atom. The van der Waals surface area contributed by atoms with E-state index in [-0.39, 0.29) is 35.8 Å². The van der Waals surface area contributed by atoms with E-state index >= 15 is 0 Å². The molecule has 9 heteroatoms. The second-order valence-corrected chi connectivity index (χ2v) is 10.4. The third-order valence-corrected chi connectivity index (χ3v) is 7.92. The number of benzene rings is 1. The van der Waals surface area contributed by atoms with Gasteiger partial charge in [-0.2, -0.15) is 13.2 Å². The number of hydrogen-bond acceptors (Lipinski definition) is 5. The molecule has 0 spiro atoms. The first-order valence-corrected chi connectivity index (χ1v) is 12.3. The summed E-state index contributed by atoms with van der Waals surface area (Å²) in [7, 11) is 0. The van der Waals surface area contributed by atoms with Gasteiger partial charge in [0, 0.05) is 42.9 Å². The standard InChI is InChI=1S/C26H31F3N4O2/c27-26(28,29)9-10-33-14-19-12-25(19,15-33)18-3-1-16(2-4-18)17-11-22(23(30)31-13-17)24(35)32-20-5-7-21(34)8-6-20/h1-4,11,13,19-21,34H,5-10,12,14-15H2,(H2,30,31)(H,32,35). The SMILES string of the molecule is Nc1ncc(-c2ccc(C34CC3CN(CCC(F)(F)F)C4)cc2)cc1C(=O)NC1CCC(O)CC1. The van der Waals surface area contributed by atoms with E-state index in [1.165, 1.54) is 0 Å². The molecular formula is C26H31F3N4O2. The Kier molecular flexibility index (Phi) is 6.25. The van der Waals surface area contributed by atoms with Gasteiger partial charge in [-0.1, -0.05) is 24.3 Å². The summed E-state index contributed by atoms with van der Waals surface area (Å²) in [6, 6.07) is 9.82. The number of carbonyl (C=O) groups excluding carboxylic acids is 1. The molecule has 1 aliphatic heterocycles. The van der Waals surface area contributed by atoms with Crippen molar-refractivity contribution in [2.75, 3.05) is 25.4 Å². The monoisotopic (exact) mass is 488 g/mol. The lowest BCUT2D eigenvalue weighted by Crippen LogP contribution is -2.38. The van der Waals surface area contributed by atoms with Gasteiger partial charge in [-0.25, -0.2) is 4.98 Å². The van der Waals surface area contributed by atoms with E-state index in [1.54, 1.807) is 12.3 Å². The van der Waals surface area contributed by atoms with Crippen molar-refractivity contribution >= 4 is 11.7 Å². The molecule has 1 amide bonds. The molecule has 2 saturated carbocycles. The van der Waals surface area contributed by atoms with Crippen LogP contribution in [0.1, 0.15) is 54.4 Å². The summed E-state index contributed by atoms with van der Waals surface area (Å²) in [5.41, 5.74) is 9.12. The van der Waals surface area contributed by atoms with Gasteiger partial charge in [0.2, 0.25) is 0 Å². The smallest absolute Gasteiger partial charge is 0.390 e. The van der Waals surface area contributed by atoms with Crippen LogP contribution in [0.25, 0.3) is 11.1 Å². The lowest BCUT2D eigenvalue weighted by atomic mass is 9.92. The van der Waals surface area contributed by atoms with Crippen LogP contribution in [0, 0.1) is 5.92 Å². The van der Waals surface area contributed by atoms with Crippen LogP contribution in [0.2, 0.25) is 0 Å². The number of aliphatic hydroxyl groups is 1. The van der Waals surface area contributed by atoms with Crippen LogP contribution >= 0.6 is 0 Å². The van der Waals surface area contributed by atoms with E-state index in [0.717, 1.165) is 42.5 Å². The summed E-state index contributed by atoms with van der Waals surface area (Å²) >= 11 is 0. The second-order valence-electron chi connectivity index (χ2n) is 10.4. The number of fused-ring (bicyclic) bond motifs is 1. The highest BCUT2D eigenvalue weighted by atomic mass is 19.4. The maximum atomic E-state index is 12.9. The second kappa shape index (κ2) is 9.09. The molecule has 0 bridgehead atoms. The molecule has 4 N–H and O–H groups in total. The van der Waals surface area contributed by atoms with Crippen LogP contribution < -0.4 is 11.1 Å². The Morgan fingerprint density at radius 1 is 1.17 bits per heavy atom. The normalized spacial score (nSPS) is 28.5. The van der Waals surface area contributed by atoms with E-state index in [0.29, 0.717) is 30.9 Å². The number of nitrogens with two attached hydrogens (primary N) is 1. The van der Waals surface area contributed by atoms with Crippen LogP contribution in [0.4, 0.5) is 19.0 Å². The number of piperidine rings is 1. The highest BCUT2D eigenvalue weighted by Crippen LogP contribution is 2.59. The lowest BCUT2D eigenvalue weighted by Gasteiger charge is -2.26. The van der Waals surface area contributed by atoms with Crippen LogP contribution in [0.15, 0.2) is 36.5 Å². The number of likely N-dealkylation sites (tertiary alicyclic amines) is 1. The van der Waals surface area contributed by atoms with Crippen molar-refractivity contribution in [3.8, 4) is 11.1 Å². The maximum Gasteiger partial charge on any atom is 0.390 e. The molecule has 2 aromatic rings. The van der Waals surface area contributed by atoms with Crippen LogP contribution in [-0.4, -0.2) is 58.9 Å². The number of rotatable bonds is 6. The van der Waals surface area contributed by atoms with Gasteiger partial charge in [0.15, 0.2) is 0 Å². The average molecular weight is 489 g/mol. The van der Waals surface area contributed by atoms with Crippen molar-refractivity contribution in [3.05, 3.63) is 47.7 Å². The first-order valence-electron chi connectivity index (χ1n) is 12.3. The molecule has 2 unspecified atom stereocenters. The molecule has 5 rings (SSSR count). The largest absolute Gasteiger partial charge is 0.393 e. The summed E-state index contributed by atoms with van der Waals surface area (Å²) in [5, 5.41) is 12.7. The van der Waals surface area contributed by atoms with E-state index in [1.807, 2.05) is 29.2 Å². The average Bonchev–Trinajstić information content (AvgIpc) is 3.40. The Morgan fingerprint density at radius 3 is 2.57 bits per heavy atom. The minimum atomic E-state index is -4.12. The topological polar surface area (TPSA) is 91.5 Å². The number of nitrogen functional groups attached to an aromatic ring is 1. The fourth-order valence-corrected chi connectivity index (χ4v) is 5.78. The lowest BCUT2D eigenvalue weighted by molar-refractivity contribution is -0.137. The number of nitrogens with zero attached hydrogens (tertiary/aromatic N) is 2. The number of nitrogens with one attached hydrogen (secondary N) is 1. The highest BCUT2D eigenvalue weighted by Gasteiger charge is 2.60. The molecule has 2 aliphatic carbocycles. The van der Waals surface area contributed by atoms with E-state index in [2.05, 4.69) is 10.3 Å². The van der Waals surface area contributed by atoms with E-state index < -0.39 is 12.6 Å². The third kappa shape index (κ3) is 5.16. The predicted molar refractivity (Wildman–Crippen MR) is 127 cm³/mol. The fraction of sp³-hybridized carbons (Fsp3) is 0.538. The summed E-state index contributed by atoms with van der Waals surface area (Å²) in [6.07, 6.45) is 0.294. The number of aliphatic hydroxyl groups excluding tert-OH is 1. The van der Waals surface area contributed by atoms with E-state index in [9.17, 15) is 23.1 Å². The minimum absolute atomic E-state index is 0.0149. The zero-order valence-corrected chi connectivity index (χ0v) is 19.5. The van der Waals surface area contributed by atoms with Gasteiger partial charge in [0.25, 0.3) is 5.91 Å². The first-order chi connectivity index (χ1) is 16.6. The van der Waals surface area contributed by atoms with Crippen molar-refractivity contribution in [3.63, 3.8) is 0 Å². The summed E-state index contributed by atoms with van der Waals surface area (Å²) in [5.74, 6) is 0.318. The van der Waals surface area contributed by atoms with Gasteiger partial charge in [0.1, 0.15) is 5.82 Å². The minimum Gasteiger partial charge on any atom is -0.393 e. The molecule has 35 heavy (non-hydrogen) atoms. The molecule has 2 atom stereocenters. The first kappa shape index (κ1) is 24.1. The summed E-state index contributed by atoms with van der Waals surface area (Å²) < 4.78 is 37.8. The Balaban J connectivity index is 1.26. The molecule has 2 heterocycles. The molecule has 1 aromatic heterocycles. The van der Waals surface area contributed by atoms with Gasteiger partial charge in [-0.05, 0) is 55.2 Å². The quantitative estimate of drug-likeness (QED) is 0.574.